The fourth-order valence-corrected chi connectivity index (χ4v) is 4.15. The first-order valence-electron chi connectivity index (χ1n) is 10.4. The number of hydrogen-bond donors (Lipinski definition) is 0. The van der Waals surface area contributed by atoms with Gasteiger partial charge in [-0.05, 0) is 61.2 Å². The number of fused-ring (bicyclic) bond motifs is 2. The van der Waals surface area contributed by atoms with Crippen molar-refractivity contribution in [3.63, 3.8) is 0 Å². The summed E-state index contributed by atoms with van der Waals surface area (Å²) in [6.45, 7) is 4.75. The largest absolute Gasteiger partial charge is 0.465 e. The third-order valence-electron chi connectivity index (χ3n) is 5.98. The van der Waals surface area contributed by atoms with Gasteiger partial charge in [0.1, 0.15) is 5.58 Å². The third kappa shape index (κ3) is 3.58. The van der Waals surface area contributed by atoms with Gasteiger partial charge in [0, 0.05) is 20.3 Å². The Labute approximate surface area is 185 Å². The van der Waals surface area contributed by atoms with Gasteiger partial charge in [-0.3, -0.25) is 9.59 Å². The Balaban J connectivity index is 1.89. The van der Waals surface area contributed by atoms with E-state index in [2.05, 4.69) is 0 Å². The van der Waals surface area contributed by atoms with Crippen molar-refractivity contribution in [1.82, 2.24) is 4.90 Å². The number of amides is 1. The predicted molar refractivity (Wildman–Crippen MR) is 119 cm³/mol. The first kappa shape index (κ1) is 21.8. The highest BCUT2D eigenvalue weighted by Crippen LogP contribution is 2.38. The molecule has 1 aliphatic rings. The van der Waals surface area contributed by atoms with Crippen LogP contribution < -0.4 is 5.43 Å². The second-order valence-electron chi connectivity index (χ2n) is 7.97. The number of aryl methyl sites for hydroxylation is 2. The van der Waals surface area contributed by atoms with E-state index < -0.39 is 12.0 Å². The van der Waals surface area contributed by atoms with Gasteiger partial charge in [0.05, 0.1) is 29.7 Å². The standard InChI is InChI=1S/C25H25NO6/c1-14-12-18-19(13-15(14)2)32-23-20(22(18)27)21(26(24(23)28)10-5-11-30-3)16-6-8-17(9-7-16)25(29)31-4/h6-9,12-13,21H,5,10-11H2,1-4H3/t21-/m1/s1. The van der Waals surface area contributed by atoms with Crippen LogP contribution in [0.4, 0.5) is 0 Å². The minimum Gasteiger partial charge on any atom is -0.465 e. The van der Waals surface area contributed by atoms with Gasteiger partial charge in [0.15, 0.2) is 5.43 Å². The van der Waals surface area contributed by atoms with Crippen LogP contribution in [0.2, 0.25) is 0 Å². The van der Waals surface area contributed by atoms with E-state index in [4.69, 9.17) is 13.9 Å². The first-order chi connectivity index (χ1) is 15.4. The van der Waals surface area contributed by atoms with Gasteiger partial charge in [0.2, 0.25) is 5.76 Å². The summed E-state index contributed by atoms with van der Waals surface area (Å²) >= 11 is 0. The Morgan fingerprint density at radius 1 is 1.06 bits per heavy atom. The van der Waals surface area contributed by atoms with Crippen molar-refractivity contribution >= 4 is 22.8 Å². The number of ether oxygens (including phenoxy) is 2. The van der Waals surface area contributed by atoms with Gasteiger partial charge in [0.25, 0.3) is 5.91 Å². The molecule has 1 amide bonds. The smallest absolute Gasteiger partial charge is 0.337 e. The summed E-state index contributed by atoms with van der Waals surface area (Å²) in [7, 11) is 2.92. The van der Waals surface area contributed by atoms with Gasteiger partial charge < -0.3 is 18.8 Å². The van der Waals surface area contributed by atoms with Crippen molar-refractivity contribution in [2.75, 3.05) is 27.4 Å². The van der Waals surface area contributed by atoms with Crippen molar-refractivity contribution < 1.29 is 23.5 Å². The fourth-order valence-electron chi connectivity index (χ4n) is 4.15. The molecule has 4 rings (SSSR count). The fraction of sp³-hybridized carbons (Fsp3) is 0.320. The monoisotopic (exact) mass is 435 g/mol. The molecule has 3 aromatic rings. The second-order valence-corrected chi connectivity index (χ2v) is 7.97. The molecule has 0 radical (unpaired) electrons. The Morgan fingerprint density at radius 3 is 2.41 bits per heavy atom. The van der Waals surface area contributed by atoms with Crippen molar-refractivity contribution in [2.45, 2.75) is 26.3 Å². The van der Waals surface area contributed by atoms with Crippen molar-refractivity contribution in [3.8, 4) is 0 Å². The maximum absolute atomic E-state index is 13.6. The lowest BCUT2D eigenvalue weighted by Gasteiger charge is -2.25. The van der Waals surface area contributed by atoms with Crippen LogP contribution in [0, 0.1) is 13.8 Å². The molecular formula is C25H25NO6. The molecule has 0 saturated carbocycles. The van der Waals surface area contributed by atoms with Gasteiger partial charge in [-0.25, -0.2) is 4.79 Å². The van der Waals surface area contributed by atoms with E-state index in [-0.39, 0.29) is 17.1 Å². The highest BCUT2D eigenvalue weighted by molar-refractivity contribution is 5.99. The van der Waals surface area contributed by atoms with Crippen LogP contribution in [-0.2, 0) is 9.47 Å². The Morgan fingerprint density at radius 2 is 1.75 bits per heavy atom. The zero-order valence-corrected chi connectivity index (χ0v) is 18.6. The molecule has 0 N–H and O–H groups in total. The number of rotatable bonds is 6. The van der Waals surface area contributed by atoms with E-state index in [0.29, 0.717) is 41.7 Å². The zero-order chi connectivity index (χ0) is 23.0. The summed E-state index contributed by atoms with van der Waals surface area (Å²) in [5.74, 6) is -0.701. The average Bonchev–Trinajstić information content (AvgIpc) is 3.07. The first-order valence-corrected chi connectivity index (χ1v) is 10.4. The summed E-state index contributed by atoms with van der Waals surface area (Å²) < 4.78 is 15.9. The van der Waals surface area contributed by atoms with E-state index in [0.717, 1.165) is 16.7 Å². The van der Waals surface area contributed by atoms with Crippen molar-refractivity contribution in [1.29, 1.82) is 0 Å². The average molecular weight is 435 g/mol. The number of hydrogen-bond acceptors (Lipinski definition) is 6. The van der Waals surface area contributed by atoms with Gasteiger partial charge >= 0.3 is 5.97 Å². The van der Waals surface area contributed by atoms with Crippen LogP contribution in [0.1, 0.15) is 55.6 Å². The second kappa shape index (κ2) is 8.59. The number of esters is 1. The number of carbonyl (C=O) groups is 2. The molecule has 7 nitrogen and oxygen atoms in total. The van der Waals surface area contributed by atoms with Gasteiger partial charge in [-0.2, -0.15) is 0 Å². The zero-order valence-electron chi connectivity index (χ0n) is 18.6. The molecule has 2 aromatic carbocycles. The van der Waals surface area contributed by atoms with Crippen LogP contribution in [0.3, 0.4) is 0 Å². The lowest BCUT2D eigenvalue weighted by molar-refractivity contribution is 0.0599. The molecule has 1 aliphatic heterocycles. The molecule has 166 valence electrons. The van der Waals surface area contributed by atoms with Crippen LogP contribution in [0.5, 0.6) is 0 Å². The van der Waals surface area contributed by atoms with Crippen molar-refractivity contribution in [2.24, 2.45) is 0 Å². The SMILES string of the molecule is COCCCN1C(=O)c2oc3cc(C)c(C)cc3c(=O)c2[C@H]1c1ccc(C(=O)OC)cc1. The number of methoxy groups -OCH3 is 2. The van der Waals surface area contributed by atoms with Crippen LogP contribution in [-0.4, -0.2) is 44.1 Å². The third-order valence-corrected chi connectivity index (χ3v) is 5.98. The topological polar surface area (TPSA) is 86.0 Å². The van der Waals surface area contributed by atoms with E-state index in [9.17, 15) is 14.4 Å². The number of benzene rings is 2. The predicted octanol–water partition coefficient (Wildman–Crippen LogP) is 3.78. The molecule has 0 saturated heterocycles. The molecule has 7 heteroatoms. The number of carbonyl (C=O) groups excluding carboxylic acids is 2. The maximum Gasteiger partial charge on any atom is 0.337 e. The summed E-state index contributed by atoms with van der Waals surface area (Å²) in [6.07, 6.45) is 0.610. The summed E-state index contributed by atoms with van der Waals surface area (Å²) in [4.78, 5) is 40.4. The highest BCUT2D eigenvalue weighted by Gasteiger charge is 2.42. The Hall–Kier alpha value is -3.45. The highest BCUT2D eigenvalue weighted by atomic mass is 16.5. The van der Waals surface area contributed by atoms with E-state index in [1.165, 1.54) is 7.11 Å². The van der Waals surface area contributed by atoms with Crippen LogP contribution in [0.15, 0.2) is 45.6 Å². The minimum absolute atomic E-state index is 0.0743. The molecule has 0 unspecified atom stereocenters. The summed E-state index contributed by atoms with van der Waals surface area (Å²) in [6, 6.07) is 9.75. The Bertz CT molecular complexity index is 1260. The van der Waals surface area contributed by atoms with Crippen molar-refractivity contribution in [3.05, 3.63) is 80.2 Å². The molecule has 0 bridgehead atoms. The van der Waals surface area contributed by atoms with E-state index >= 15 is 0 Å². The number of nitrogens with zero attached hydrogens (tertiary/aromatic N) is 1. The maximum atomic E-state index is 13.6. The van der Waals surface area contributed by atoms with Gasteiger partial charge in [-0.15, -0.1) is 0 Å². The summed E-state index contributed by atoms with van der Waals surface area (Å²) in [5.41, 5.74) is 3.59. The van der Waals surface area contributed by atoms with E-state index in [1.807, 2.05) is 19.9 Å². The van der Waals surface area contributed by atoms with E-state index in [1.54, 1.807) is 42.3 Å². The molecule has 2 heterocycles. The minimum atomic E-state index is -0.608. The Kier molecular flexibility index (Phi) is 5.84. The van der Waals surface area contributed by atoms with Crippen LogP contribution in [0.25, 0.3) is 11.0 Å². The molecule has 0 aliphatic carbocycles. The van der Waals surface area contributed by atoms with Gasteiger partial charge in [-0.1, -0.05) is 12.1 Å². The molecule has 32 heavy (non-hydrogen) atoms. The molecular weight excluding hydrogens is 410 g/mol. The molecule has 1 atom stereocenters. The molecule has 0 spiro atoms. The normalized spacial score (nSPS) is 15.3. The lowest BCUT2D eigenvalue weighted by Crippen LogP contribution is -2.31. The lowest BCUT2D eigenvalue weighted by atomic mass is 9.96. The summed E-state index contributed by atoms with van der Waals surface area (Å²) in [5, 5.41) is 0.453. The van der Waals surface area contributed by atoms with Crippen LogP contribution >= 0.6 is 0 Å². The molecule has 1 aromatic heterocycles. The quantitative estimate of drug-likeness (QED) is 0.433. The molecule has 0 fully saturated rings.